The van der Waals surface area contributed by atoms with Crippen LogP contribution >= 0.6 is 0 Å². The summed E-state index contributed by atoms with van der Waals surface area (Å²) in [5, 5.41) is 5.72. The van der Waals surface area contributed by atoms with Gasteiger partial charge in [0.25, 0.3) is 0 Å². The molecule has 0 unspecified atom stereocenters. The van der Waals surface area contributed by atoms with Gasteiger partial charge >= 0.3 is 0 Å². The number of likely N-dealkylation sites (N-methyl/N-ethyl adjacent to an activating group) is 1. The van der Waals surface area contributed by atoms with E-state index in [0.29, 0.717) is 6.42 Å². The molecular formula is C14H25N3O2. The number of fused-ring (bicyclic) bond motifs is 1. The summed E-state index contributed by atoms with van der Waals surface area (Å²) in [4.78, 5) is 26.3. The summed E-state index contributed by atoms with van der Waals surface area (Å²) in [5.74, 6) is -0.215. The van der Waals surface area contributed by atoms with Crippen LogP contribution in [0.5, 0.6) is 0 Å². The average molecular weight is 269 g/mol. The van der Waals surface area contributed by atoms with E-state index in [1.807, 2.05) is 0 Å². The molecule has 0 aromatic carbocycles. The molecule has 5 heteroatoms. The van der Waals surface area contributed by atoms with Gasteiger partial charge in [0.05, 0.1) is 6.04 Å². The molecule has 2 aliphatic rings. The van der Waals surface area contributed by atoms with E-state index in [1.165, 1.54) is 0 Å². The van der Waals surface area contributed by atoms with Gasteiger partial charge in [-0.05, 0) is 39.7 Å². The highest BCUT2D eigenvalue weighted by Crippen LogP contribution is 2.26. The molecule has 0 aliphatic carbocycles. The zero-order valence-corrected chi connectivity index (χ0v) is 11.8. The molecular weight excluding hydrogens is 242 g/mol. The van der Waals surface area contributed by atoms with Crippen molar-refractivity contribution < 1.29 is 11.0 Å². The standard InChI is InChI=1S/C14H25N3O2/c1-10(15-2)13(18)16-12-8-4-3-6-11-7-5-9-17(11)14(12)19/h10-12,15H,3-9H2,1-2H3,(H,16,18)/t10-,11-,12-/m0/s1/i9T/t9-,10+,11+,12+/m1. The van der Waals surface area contributed by atoms with E-state index < -0.39 is 12.6 Å². The smallest absolute Gasteiger partial charge is 0.245 e. The first kappa shape index (κ1) is 12.9. The van der Waals surface area contributed by atoms with Crippen LogP contribution in [0.4, 0.5) is 0 Å². The Morgan fingerprint density at radius 3 is 2.79 bits per heavy atom. The van der Waals surface area contributed by atoms with E-state index in [-0.39, 0.29) is 23.9 Å². The first-order valence-corrected chi connectivity index (χ1v) is 7.26. The second-order valence-electron chi connectivity index (χ2n) is 5.52. The summed E-state index contributed by atoms with van der Waals surface area (Å²) < 4.78 is 8.03. The van der Waals surface area contributed by atoms with Crippen molar-refractivity contribution in [3.8, 4) is 0 Å². The van der Waals surface area contributed by atoms with E-state index in [9.17, 15) is 9.59 Å². The second kappa shape index (κ2) is 6.37. The number of carbonyl (C=O) groups excluding carboxylic acids is 2. The summed E-state index contributed by atoms with van der Waals surface area (Å²) in [6, 6.07) is -0.576. The van der Waals surface area contributed by atoms with E-state index in [2.05, 4.69) is 10.6 Å². The quantitative estimate of drug-likeness (QED) is 0.790. The molecule has 2 fully saturated rings. The van der Waals surface area contributed by atoms with Gasteiger partial charge in [0.1, 0.15) is 6.04 Å². The molecule has 19 heavy (non-hydrogen) atoms. The van der Waals surface area contributed by atoms with Crippen molar-refractivity contribution in [2.45, 2.75) is 63.6 Å². The molecule has 2 amide bonds. The van der Waals surface area contributed by atoms with Crippen molar-refractivity contribution in [1.29, 1.82) is 0 Å². The second-order valence-corrected chi connectivity index (χ2v) is 5.52. The van der Waals surface area contributed by atoms with Gasteiger partial charge in [-0.1, -0.05) is 12.8 Å². The van der Waals surface area contributed by atoms with Gasteiger partial charge in [0.2, 0.25) is 11.8 Å². The number of nitrogens with one attached hydrogen (secondary N) is 2. The van der Waals surface area contributed by atoms with Crippen LogP contribution in [0.1, 0.15) is 46.8 Å². The van der Waals surface area contributed by atoms with Gasteiger partial charge in [-0.2, -0.15) is 0 Å². The fourth-order valence-corrected chi connectivity index (χ4v) is 2.84. The zero-order chi connectivity index (χ0) is 14.7. The Morgan fingerprint density at radius 1 is 1.37 bits per heavy atom. The third-order valence-corrected chi connectivity index (χ3v) is 4.19. The van der Waals surface area contributed by atoms with Gasteiger partial charge in [0, 0.05) is 13.9 Å². The number of nitrogens with zero attached hydrogens (tertiary/aromatic N) is 1. The van der Waals surface area contributed by atoms with Crippen LogP contribution in [-0.2, 0) is 9.59 Å². The van der Waals surface area contributed by atoms with Crippen LogP contribution in [0.15, 0.2) is 0 Å². The van der Waals surface area contributed by atoms with Gasteiger partial charge in [-0.3, -0.25) is 9.59 Å². The molecule has 0 aromatic heterocycles. The third-order valence-electron chi connectivity index (χ3n) is 4.19. The lowest BCUT2D eigenvalue weighted by atomic mass is 9.99. The minimum absolute atomic E-state index is 0.0659. The Labute approximate surface area is 116 Å². The highest BCUT2D eigenvalue weighted by Gasteiger charge is 2.35. The molecule has 5 nitrogen and oxygen atoms in total. The van der Waals surface area contributed by atoms with Crippen molar-refractivity contribution in [3.05, 3.63) is 0 Å². The highest BCUT2D eigenvalue weighted by molar-refractivity contribution is 5.89. The van der Waals surface area contributed by atoms with Crippen molar-refractivity contribution >= 4 is 11.8 Å². The monoisotopic (exact) mass is 269 g/mol. The molecule has 0 radical (unpaired) electrons. The zero-order valence-electron chi connectivity index (χ0n) is 12.8. The lowest BCUT2D eigenvalue weighted by molar-refractivity contribution is -0.138. The fraction of sp³-hybridized carbons (Fsp3) is 0.857. The van der Waals surface area contributed by atoms with Gasteiger partial charge in [-0.15, -0.1) is 0 Å². The number of rotatable bonds is 3. The van der Waals surface area contributed by atoms with Gasteiger partial charge in [0.15, 0.2) is 0 Å². The normalized spacial score (nSPS) is 34.0. The third kappa shape index (κ3) is 3.26. The number of hydrogen-bond acceptors (Lipinski definition) is 3. The molecule has 0 aromatic rings. The first-order chi connectivity index (χ1) is 9.54. The fourth-order valence-electron chi connectivity index (χ4n) is 2.84. The molecule has 0 bridgehead atoms. The van der Waals surface area contributed by atoms with Gasteiger partial charge in [-0.25, -0.2) is 0 Å². The first-order valence-electron chi connectivity index (χ1n) is 7.84. The largest absolute Gasteiger partial charge is 0.343 e. The predicted molar refractivity (Wildman–Crippen MR) is 73.7 cm³/mol. The Balaban J connectivity index is 2.07. The molecule has 2 rings (SSSR count). The maximum Gasteiger partial charge on any atom is 0.245 e. The minimum Gasteiger partial charge on any atom is -0.343 e. The van der Waals surface area contributed by atoms with Crippen molar-refractivity contribution in [3.63, 3.8) is 0 Å². The van der Waals surface area contributed by atoms with E-state index in [4.69, 9.17) is 1.37 Å². The van der Waals surface area contributed by atoms with E-state index >= 15 is 0 Å². The molecule has 0 saturated carbocycles. The molecule has 2 aliphatic heterocycles. The number of hydrogen-bond donors (Lipinski definition) is 2. The Morgan fingerprint density at radius 2 is 2.05 bits per heavy atom. The summed E-state index contributed by atoms with van der Waals surface area (Å²) in [6.45, 7) is 1.33. The molecule has 108 valence electrons. The maximum atomic E-state index is 12.6. The van der Waals surface area contributed by atoms with E-state index in [1.54, 1.807) is 18.9 Å². The number of amides is 2. The summed E-state index contributed by atoms with van der Waals surface area (Å²) >= 11 is 0. The maximum absolute atomic E-state index is 12.6. The molecule has 2 heterocycles. The number of carbonyl (C=O) groups is 2. The Hall–Kier alpha value is -1.10. The minimum atomic E-state index is -0.466. The molecule has 4 atom stereocenters. The van der Waals surface area contributed by atoms with Gasteiger partial charge < -0.3 is 15.5 Å². The molecule has 0 spiro atoms. The Bertz CT molecular complexity index is 377. The van der Waals surface area contributed by atoms with E-state index in [0.717, 1.165) is 32.1 Å². The van der Waals surface area contributed by atoms with Crippen LogP contribution in [0.25, 0.3) is 0 Å². The lowest BCUT2D eigenvalue weighted by Gasteiger charge is -2.32. The van der Waals surface area contributed by atoms with Crippen molar-refractivity contribution in [2.75, 3.05) is 13.6 Å². The molecule has 2 N–H and O–H groups in total. The van der Waals surface area contributed by atoms with Crippen LogP contribution < -0.4 is 10.6 Å². The topological polar surface area (TPSA) is 61.4 Å². The predicted octanol–water partition coefficient (Wildman–Crippen LogP) is 0.644. The summed E-state index contributed by atoms with van der Waals surface area (Å²) in [5.41, 5.74) is 0. The SMILES string of the molecule is [3H][C@@H]1CC[C@@H]2CCCC[C@H](NC(=O)[C@H](C)NC)C(=O)N21. The van der Waals surface area contributed by atoms with Crippen LogP contribution in [-0.4, -0.2) is 48.4 Å². The lowest BCUT2D eigenvalue weighted by Crippen LogP contribution is -2.54. The highest BCUT2D eigenvalue weighted by atomic mass is 16.2. The summed E-state index contributed by atoms with van der Waals surface area (Å²) in [7, 11) is 1.72. The summed E-state index contributed by atoms with van der Waals surface area (Å²) in [6.07, 6.45) is 5.37. The Kier molecular flexibility index (Phi) is 4.33. The van der Waals surface area contributed by atoms with Crippen LogP contribution in [0, 0.1) is 0 Å². The van der Waals surface area contributed by atoms with Crippen LogP contribution in [0.3, 0.4) is 0 Å². The van der Waals surface area contributed by atoms with Crippen molar-refractivity contribution in [1.82, 2.24) is 15.5 Å². The van der Waals surface area contributed by atoms with Crippen LogP contribution in [0.2, 0.25) is 0 Å². The van der Waals surface area contributed by atoms with Crippen molar-refractivity contribution in [2.24, 2.45) is 0 Å². The average Bonchev–Trinajstić information content (AvgIpc) is 2.79. The molecule has 2 saturated heterocycles.